The molecule has 0 amide bonds. The first-order valence-corrected chi connectivity index (χ1v) is 14.1. The van der Waals surface area contributed by atoms with Crippen LogP contribution in [0.4, 0.5) is 0 Å². The Morgan fingerprint density at radius 2 is 1.95 bits per heavy atom. The lowest BCUT2D eigenvalue weighted by atomic mass is 9.51. The van der Waals surface area contributed by atoms with Gasteiger partial charge in [-0.3, -0.25) is 9.59 Å². The van der Waals surface area contributed by atoms with Crippen molar-refractivity contribution in [2.24, 2.45) is 34.5 Å². The Morgan fingerprint density at radius 1 is 1.24 bits per heavy atom. The van der Waals surface area contributed by atoms with Gasteiger partial charge in [-0.15, -0.1) is 0 Å². The molecule has 0 aromatic heterocycles. The van der Waals surface area contributed by atoms with Gasteiger partial charge in [0.25, 0.3) is 0 Å². The summed E-state index contributed by atoms with van der Waals surface area (Å²) < 4.78 is 17.2. The predicted octanol–water partition coefficient (Wildman–Crippen LogP) is 2.66. The summed E-state index contributed by atoms with van der Waals surface area (Å²) in [5.74, 6) is -1.60. The van der Waals surface area contributed by atoms with Crippen LogP contribution in [0.1, 0.15) is 72.6 Å². The summed E-state index contributed by atoms with van der Waals surface area (Å²) in [5.41, 5.74) is -2.13. The summed E-state index contributed by atoms with van der Waals surface area (Å²) >= 11 is 0. The van der Waals surface area contributed by atoms with Gasteiger partial charge in [0.15, 0.2) is 11.2 Å². The van der Waals surface area contributed by atoms with E-state index < -0.39 is 41.1 Å². The molecule has 2 heterocycles. The Morgan fingerprint density at radius 3 is 2.55 bits per heavy atom. The number of esters is 1. The average Bonchev–Trinajstić information content (AvgIpc) is 3.54. The summed E-state index contributed by atoms with van der Waals surface area (Å²) in [6, 6.07) is 0. The Kier molecular flexibility index (Phi) is 6.86. The SMILES string of the molecule is CC[C@@]1(C)C(C2C[C@H]3O[C@]34[C@@H](O)[C@@H](OC)CC(=O)[C@]4(C(=O)O)C2)CCC1[C@H](C)[C@H]1CC(CO)=C(C)C(=O)O1. The zero-order valence-electron chi connectivity index (χ0n) is 23.1. The largest absolute Gasteiger partial charge is 0.480 e. The maximum Gasteiger partial charge on any atom is 0.334 e. The number of epoxide rings is 1. The van der Waals surface area contributed by atoms with Crippen molar-refractivity contribution >= 4 is 17.7 Å². The minimum atomic E-state index is -1.77. The number of hydrogen-bond acceptors (Lipinski definition) is 8. The van der Waals surface area contributed by atoms with Crippen molar-refractivity contribution in [1.29, 1.82) is 0 Å². The number of ether oxygens (including phenoxy) is 3. The molecule has 5 rings (SSSR count). The molecule has 38 heavy (non-hydrogen) atoms. The molecule has 4 fully saturated rings. The number of methoxy groups -OCH3 is 1. The van der Waals surface area contributed by atoms with Gasteiger partial charge < -0.3 is 29.5 Å². The number of carbonyl (C=O) groups excluding carboxylic acids is 2. The molecule has 3 unspecified atom stereocenters. The quantitative estimate of drug-likeness (QED) is 0.255. The molecule has 0 aromatic rings. The second-order valence-corrected chi connectivity index (χ2v) is 12.7. The molecule has 3 aliphatic carbocycles. The summed E-state index contributed by atoms with van der Waals surface area (Å²) in [7, 11) is 1.42. The molecule has 5 aliphatic rings. The zero-order valence-corrected chi connectivity index (χ0v) is 23.1. The van der Waals surface area contributed by atoms with Crippen LogP contribution in [0, 0.1) is 34.5 Å². The predicted molar refractivity (Wildman–Crippen MR) is 135 cm³/mol. The number of rotatable bonds is 7. The fraction of sp³-hybridized carbons (Fsp3) is 0.828. The summed E-state index contributed by atoms with van der Waals surface area (Å²) in [6.45, 7) is 8.06. The second-order valence-electron chi connectivity index (χ2n) is 12.7. The van der Waals surface area contributed by atoms with E-state index in [1.54, 1.807) is 6.92 Å². The van der Waals surface area contributed by atoms with Crippen LogP contribution in [0.2, 0.25) is 0 Å². The summed E-state index contributed by atoms with van der Waals surface area (Å²) in [5, 5.41) is 31.4. The first-order chi connectivity index (χ1) is 17.9. The average molecular weight is 535 g/mol. The molecule has 212 valence electrons. The van der Waals surface area contributed by atoms with E-state index in [0.29, 0.717) is 18.4 Å². The van der Waals surface area contributed by atoms with Crippen molar-refractivity contribution in [3.8, 4) is 0 Å². The lowest BCUT2D eigenvalue weighted by Gasteiger charge is -2.51. The van der Waals surface area contributed by atoms with Crippen LogP contribution in [0.15, 0.2) is 11.1 Å². The molecule has 9 nitrogen and oxygen atoms in total. The minimum absolute atomic E-state index is 0.0480. The van der Waals surface area contributed by atoms with Gasteiger partial charge in [0.2, 0.25) is 0 Å². The first-order valence-electron chi connectivity index (χ1n) is 14.1. The Labute approximate surface area is 223 Å². The van der Waals surface area contributed by atoms with Gasteiger partial charge in [-0.05, 0) is 67.3 Å². The van der Waals surface area contributed by atoms with Gasteiger partial charge in [0.1, 0.15) is 17.8 Å². The second kappa shape index (κ2) is 9.39. The van der Waals surface area contributed by atoms with Crippen molar-refractivity contribution < 1.29 is 43.9 Å². The van der Waals surface area contributed by atoms with Crippen LogP contribution in [0.5, 0.6) is 0 Å². The number of aliphatic hydroxyl groups is 2. The normalized spacial score (nSPS) is 47.3. The Balaban J connectivity index is 1.42. The van der Waals surface area contributed by atoms with Crippen LogP contribution in [0.25, 0.3) is 0 Å². The van der Waals surface area contributed by atoms with Crippen LogP contribution < -0.4 is 0 Å². The van der Waals surface area contributed by atoms with Crippen LogP contribution in [-0.4, -0.2) is 76.8 Å². The molecule has 2 aliphatic heterocycles. The fourth-order valence-electron chi connectivity index (χ4n) is 9.19. The molecule has 9 heteroatoms. The third-order valence-electron chi connectivity index (χ3n) is 11.6. The highest BCUT2D eigenvalue weighted by molar-refractivity contribution is 6.06. The maximum absolute atomic E-state index is 13.5. The molecule has 3 saturated carbocycles. The number of carboxylic acid groups (broad SMARTS) is 1. The Hall–Kier alpha value is -1.81. The standard InChI is InChI=1S/C29H42O9/c1-6-27(4)18(15(3)20-9-17(13-30)14(2)25(33)37-20)7-8-19(27)16-10-23-29(38-23)24(32)21(36-5)11-22(31)28(29,12-16)26(34)35/h15-16,18-21,23-24,30,32H,6-13H2,1-5H3,(H,34,35)/t15-,16?,18?,19?,20+,21-,23+,24-,27+,28-,29-/m0/s1. The molecule has 0 bridgehead atoms. The van der Waals surface area contributed by atoms with Gasteiger partial charge >= 0.3 is 11.9 Å². The lowest BCUT2D eigenvalue weighted by Crippen LogP contribution is -2.67. The number of carboxylic acids is 1. The highest BCUT2D eigenvalue weighted by atomic mass is 16.6. The first kappa shape index (κ1) is 27.7. The summed E-state index contributed by atoms with van der Waals surface area (Å²) in [6.07, 6.45) is 1.05. The number of hydrogen-bond donors (Lipinski definition) is 3. The van der Waals surface area contributed by atoms with Gasteiger partial charge in [-0.25, -0.2) is 4.79 Å². The van der Waals surface area contributed by atoms with Crippen LogP contribution in [0.3, 0.4) is 0 Å². The van der Waals surface area contributed by atoms with Crippen molar-refractivity contribution in [3.05, 3.63) is 11.1 Å². The van der Waals surface area contributed by atoms with E-state index >= 15 is 0 Å². The van der Waals surface area contributed by atoms with Gasteiger partial charge in [0.05, 0.1) is 18.8 Å². The molecule has 1 saturated heterocycles. The van der Waals surface area contributed by atoms with Gasteiger partial charge in [0, 0.05) is 25.5 Å². The monoisotopic (exact) mass is 534 g/mol. The van der Waals surface area contributed by atoms with Gasteiger partial charge in [-0.1, -0.05) is 27.2 Å². The number of Topliss-reactive ketones (excluding diaryl/α,β-unsaturated/α-hetero) is 1. The summed E-state index contributed by atoms with van der Waals surface area (Å²) in [4.78, 5) is 38.8. The van der Waals surface area contributed by atoms with Crippen molar-refractivity contribution in [2.75, 3.05) is 13.7 Å². The molecular weight excluding hydrogens is 492 g/mol. The zero-order chi connectivity index (χ0) is 27.8. The fourth-order valence-corrected chi connectivity index (χ4v) is 9.19. The topological polar surface area (TPSA) is 143 Å². The minimum Gasteiger partial charge on any atom is -0.480 e. The number of cyclic esters (lactones) is 1. The van der Waals surface area contributed by atoms with Crippen molar-refractivity contribution in [3.63, 3.8) is 0 Å². The molecule has 1 spiro atoms. The van der Waals surface area contributed by atoms with E-state index in [9.17, 15) is 29.7 Å². The number of aliphatic carboxylic acids is 1. The molecule has 3 N–H and O–H groups in total. The number of carbonyl (C=O) groups is 3. The van der Waals surface area contributed by atoms with Gasteiger partial charge in [-0.2, -0.15) is 0 Å². The number of ketones is 1. The van der Waals surface area contributed by atoms with Crippen LogP contribution >= 0.6 is 0 Å². The third-order valence-corrected chi connectivity index (χ3v) is 11.6. The van der Waals surface area contributed by atoms with E-state index in [1.165, 1.54) is 7.11 Å². The molecule has 0 radical (unpaired) electrons. The van der Waals surface area contributed by atoms with E-state index in [4.69, 9.17) is 14.2 Å². The highest BCUT2D eigenvalue weighted by Gasteiger charge is 2.83. The smallest absolute Gasteiger partial charge is 0.334 e. The van der Waals surface area contributed by atoms with Crippen LogP contribution in [-0.2, 0) is 28.6 Å². The third kappa shape index (κ3) is 3.54. The lowest BCUT2D eigenvalue weighted by molar-refractivity contribution is -0.185. The van der Waals surface area contributed by atoms with E-state index in [2.05, 4.69) is 20.8 Å². The molecule has 0 aromatic carbocycles. The van der Waals surface area contributed by atoms with Crippen molar-refractivity contribution in [2.45, 2.75) is 103 Å². The Bertz CT molecular complexity index is 1050. The highest BCUT2D eigenvalue weighted by Crippen LogP contribution is 2.69. The van der Waals surface area contributed by atoms with E-state index in [-0.39, 0.29) is 60.6 Å². The van der Waals surface area contributed by atoms with Crippen molar-refractivity contribution in [1.82, 2.24) is 0 Å². The van der Waals surface area contributed by atoms with E-state index in [0.717, 1.165) is 24.8 Å². The maximum atomic E-state index is 13.5. The number of aliphatic hydroxyl groups excluding tert-OH is 2. The molecule has 11 atom stereocenters. The molecular formula is C29H42O9. The van der Waals surface area contributed by atoms with E-state index in [1.807, 2.05) is 0 Å².